The number of rotatable bonds is 2. The number of hydrogen-bond acceptors (Lipinski definition) is 5. The Balaban J connectivity index is 1.75. The quantitative estimate of drug-likeness (QED) is 0.844. The summed E-state index contributed by atoms with van der Waals surface area (Å²) in [5, 5.41) is 13.7. The predicted octanol–water partition coefficient (Wildman–Crippen LogP) is 0.363. The summed E-state index contributed by atoms with van der Waals surface area (Å²) in [6.45, 7) is 1.03. The second kappa shape index (κ2) is 4.71. The first-order chi connectivity index (χ1) is 9.25. The molecule has 1 atom stereocenters. The van der Waals surface area contributed by atoms with E-state index in [9.17, 15) is 9.18 Å². The molecule has 0 saturated carbocycles. The number of aromatic amines is 1. The molecule has 7 nitrogen and oxygen atoms in total. The first-order valence-electron chi connectivity index (χ1n) is 5.88. The molecule has 1 unspecified atom stereocenters. The molecule has 2 aromatic heterocycles. The van der Waals surface area contributed by atoms with E-state index in [1.807, 2.05) is 0 Å². The lowest BCUT2D eigenvalue weighted by Crippen LogP contribution is -2.29. The van der Waals surface area contributed by atoms with E-state index >= 15 is 0 Å². The van der Waals surface area contributed by atoms with Gasteiger partial charge in [0.2, 0.25) is 0 Å². The highest BCUT2D eigenvalue weighted by molar-refractivity contribution is 5.94. The fraction of sp³-hybridized carbons (Fsp3) is 0.364. The van der Waals surface area contributed by atoms with Crippen LogP contribution in [-0.2, 0) is 0 Å². The number of nitrogens with zero attached hydrogens (tertiary/aromatic N) is 5. The van der Waals surface area contributed by atoms with Gasteiger partial charge in [-0.15, -0.1) is 10.2 Å². The maximum atomic E-state index is 13.5. The molecule has 1 aliphatic rings. The zero-order valence-corrected chi connectivity index (χ0v) is 9.95. The zero-order valence-electron chi connectivity index (χ0n) is 9.95. The van der Waals surface area contributed by atoms with Crippen LogP contribution >= 0.6 is 0 Å². The molecule has 2 aromatic rings. The highest BCUT2D eigenvalue weighted by atomic mass is 19.1. The first-order valence-corrected chi connectivity index (χ1v) is 5.88. The Labute approximate surface area is 107 Å². The third kappa shape index (κ3) is 2.16. The smallest absolute Gasteiger partial charge is 0.256 e. The molecule has 1 amide bonds. The van der Waals surface area contributed by atoms with Crippen molar-refractivity contribution in [1.82, 2.24) is 30.5 Å². The van der Waals surface area contributed by atoms with Gasteiger partial charge in [0.15, 0.2) is 11.6 Å². The second-order valence-electron chi connectivity index (χ2n) is 4.36. The molecule has 0 spiro atoms. The van der Waals surface area contributed by atoms with Crippen LogP contribution in [0.3, 0.4) is 0 Å². The minimum absolute atomic E-state index is 0.0451. The fourth-order valence-corrected chi connectivity index (χ4v) is 2.22. The van der Waals surface area contributed by atoms with E-state index in [0.717, 1.165) is 12.6 Å². The third-order valence-corrected chi connectivity index (χ3v) is 3.21. The molecule has 8 heteroatoms. The maximum absolute atomic E-state index is 13.5. The maximum Gasteiger partial charge on any atom is 0.256 e. The number of amides is 1. The van der Waals surface area contributed by atoms with E-state index < -0.39 is 5.82 Å². The van der Waals surface area contributed by atoms with Gasteiger partial charge in [0, 0.05) is 25.2 Å². The van der Waals surface area contributed by atoms with E-state index in [0.29, 0.717) is 18.9 Å². The molecule has 1 saturated heterocycles. The van der Waals surface area contributed by atoms with Gasteiger partial charge < -0.3 is 4.90 Å². The van der Waals surface area contributed by atoms with Crippen LogP contribution < -0.4 is 0 Å². The standard InChI is InChI=1S/C11H11FN6O/c12-9-5-13-3-1-8(9)11(19)18-4-2-7(6-18)10-14-16-17-15-10/h1,3,5,7H,2,4,6H2,(H,14,15,16,17). The van der Waals surface area contributed by atoms with E-state index in [2.05, 4.69) is 25.6 Å². The van der Waals surface area contributed by atoms with Crippen LogP contribution in [0.25, 0.3) is 0 Å². The molecule has 1 N–H and O–H groups in total. The van der Waals surface area contributed by atoms with Crippen LogP contribution in [0.5, 0.6) is 0 Å². The van der Waals surface area contributed by atoms with Crippen molar-refractivity contribution in [3.63, 3.8) is 0 Å². The van der Waals surface area contributed by atoms with E-state index in [-0.39, 0.29) is 17.4 Å². The van der Waals surface area contributed by atoms with Crippen molar-refractivity contribution in [3.05, 3.63) is 35.7 Å². The largest absolute Gasteiger partial charge is 0.338 e. The Morgan fingerprint density at radius 3 is 3.16 bits per heavy atom. The van der Waals surface area contributed by atoms with Crippen LogP contribution in [0.15, 0.2) is 18.5 Å². The van der Waals surface area contributed by atoms with Gasteiger partial charge in [0.25, 0.3) is 5.91 Å². The summed E-state index contributed by atoms with van der Waals surface area (Å²) >= 11 is 0. The highest BCUT2D eigenvalue weighted by Crippen LogP contribution is 2.25. The number of pyridine rings is 1. The number of nitrogens with one attached hydrogen (secondary N) is 1. The Morgan fingerprint density at radius 1 is 1.53 bits per heavy atom. The zero-order chi connectivity index (χ0) is 13.2. The Bertz CT molecular complexity index is 587. The van der Waals surface area contributed by atoms with Gasteiger partial charge in [-0.05, 0) is 12.5 Å². The van der Waals surface area contributed by atoms with Gasteiger partial charge >= 0.3 is 0 Å². The van der Waals surface area contributed by atoms with Crippen LogP contribution in [-0.4, -0.2) is 49.5 Å². The molecule has 98 valence electrons. The molecular weight excluding hydrogens is 251 g/mol. The number of halogens is 1. The van der Waals surface area contributed by atoms with E-state index in [4.69, 9.17) is 0 Å². The van der Waals surface area contributed by atoms with Crippen molar-refractivity contribution >= 4 is 5.91 Å². The fourth-order valence-electron chi connectivity index (χ4n) is 2.22. The Kier molecular flexibility index (Phi) is 2.90. The van der Waals surface area contributed by atoms with Gasteiger partial charge in [0.05, 0.1) is 11.8 Å². The number of carbonyl (C=O) groups excluding carboxylic acids is 1. The summed E-state index contributed by atoms with van der Waals surface area (Å²) in [5.41, 5.74) is 0.0451. The van der Waals surface area contributed by atoms with Gasteiger partial charge in [-0.1, -0.05) is 5.21 Å². The molecular formula is C11H11FN6O. The SMILES string of the molecule is O=C(c1ccncc1F)N1CCC(c2nn[nH]n2)C1. The van der Waals surface area contributed by atoms with Crippen molar-refractivity contribution in [2.24, 2.45) is 0 Å². The second-order valence-corrected chi connectivity index (χ2v) is 4.36. The number of H-pyrrole nitrogens is 1. The topological polar surface area (TPSA) is 87.7 Å². The molecule has 0 aliphatic carbocycles. The number of tetrazole rings is 1. The first kappa shape index (κ1) is 11.7. The van der Waals surface area contributed by atoms with E-state index in [1.54, 1.807) is 4.90 Å². The third-order valence-electron chi connectivity index (χ3n) is 3.21. The highest BCUT2D eigenvalue weighted by Gasteiger charge is 2.31. The van der Waals surface area contributed by atoms with Crippen LogP contribution in [0.2, 0.25) is 0 Å². The average Bonchev–Trinajstić information content (AvgIpc) is 3.09. The lowest BCUT2D eigenvalue weighted by atomic mass is 10.1. The summed E-state index contributed by atoms with van der Waals surface area (Å²) in [6.07, 6.45) is 3.20. The summed E-state index contributed by atoms with van der Waals surface area (Å²) in [6, 6.07) is 1.39. The minimum Gasteiger partial charge on any atom is -0.338 e. The molecule has 3 heterocycles. The number of likely N-dealkylation sites (tertiary alicyclic amines) is 1. The Morgan fingerprint density at radius 2 is 2.42 bits per heavy atom. The summed E-state index contributed by atoms with van der Waals surface area (Å²) in [7, 11) is 0. The molecule has 19 heavy (non-hydrogen) atoms. The minimum atomic E-state index is -0.601. The number of hydrogen-bond donors (Lipinski definition) is 1. The Hall–Kier alpha value is -2.38. The molecule has 0 bridgehead atoms. The van der Waals surface area contributed by atoms with Crippen molar-refractivity contribution in [1.29, 1.82) is 0 Å². The van der Waals surface area contributed by atoms with Gasteiger partial charge in [-0.25, -0.2) is 4.39 Å². The molecule has 1 fully saturated rings. The van der Waals surface area contributed by atoms with Crippen LogP contribution in [0.4, 0.5) is 4.39 Å². The lowest BCUT2D eigenvalue weighted by Gasteiger charge is -2.16. The number of carbonyl (C=O) groups is 1. The van der Waals surface area contributed by atoms with Gasteiger partial charge in [-0.3, -0.25) is 9.78 Å². The van der Waals surface area contributed by atoms with Gasteiger partial charge in [-0.2, -0.15) is 5.21 Å². The summed E-state index contributed by atoms with van der Waals surface area (Å²) in [5.74, 6) is -0.292. The average molecular weight is 262 g/mol. The van der Waals surface area contributed by atoms with Crippen molar-refractivity contribution in [2.75, 3.05) is 13.1 Å². The molecule has 1 aliphatic heterocycles. The lowest BCUT2D eigenvalue weighted by molar-refractivity contribution is 0.0785. The molecule has 3 rings (SSSR count). The monoisotopic (exact) mass is 262 g/mol. The normalized spacial score (nSPS) is 18.8. The molecule has 0 radical (unpaired) electrons. The van der Waals surface area contributed by atoms with Gasteiger partial charge in [0.1, 0.15) is 0 Å². The van der Waals surface area contributed by atoms with E-state index in [1.165, 1.54) is 12.3 Å². The number of aromatic nitrogens is 5. The summed E-state index contributed by atoms with van der Waals surface area (Å²) < 4.78 is 13.5. The van der Waals surface area contributed by atoms with Crippen molar-refractivity contribution in [3.8, 4) is 0 Å². The van der Waals surface area contributed by atoms with Crippen LogP contribution in [0, 0.1) is 5.82 Å². The van der Waals surface area contributed by atoms with Crippen molar-refractivity contribution < 1.29 is 9.18 Å². The van der Waals surface area contributed by atoms with Crippen LogP contribution in [0.1, 0.15) is 28.5 Å². The predicted molar refractivity (Wildman–Crippen MR) is 61.6 cm³/mol. The molecule has 0 aromatic carbocycles. The summed E-state index contributed by atoms with van der Waals surface area (Å²) in [4.78, 5) is 17.4. The van der Waals surface area contributed by atoms with Crippen molar-refractivity contribution in [2.45, 2.75) is 12.3 Å².